The summed E-state index contributed by atoms with van der Waals surface area (Å²) in [6.45, 7) is 3.35. The summed E-state index contributed by atoms with van der Waals surface area (Å²) in [5.74, 6) is -0.827. The molecule has 0 radical (unpaired) electrons. The standard InChI is InChI=1S/C29H25ClF3N7O3/c1-13-14(2)26(39-11-16-6-18(16)28(39)42)35-8-19(13)15(3)40-12-17(7-36-40)37-27(41)22-10-34-9-21(38-22)24-23(43-29(32)33)5-4-20(30)25(24)31/h4-5,7-10,12,15-16,18,29H,6,11H2,1-3H3,(H,37,41)/t15-,16-,18-/m1/s1. The van der Waals surface area contributed by atoms with Crippen LogP contribution in [0.1, 0.15) is 46.6 Å². The smallest absolute Gasteiger partial charge is 0.387 e. The summed E-state index contributed by atoms with van der Waals surface area (Å²) in [5.41, 5.74) is 2.29. The predicted octanol–water partition coefficient (Wildman–Crippen LogP) is 5.59. The van der Waals surface area contributed by atoms with Gasteiger partial charge < -0.3 is 10.1 Å². The molecule has 1 saturated heterocycles. The number of rotatable bonds is 8. The Labute approximate surface area is 248 Å². The number of carbonyl (C=O) groups is 2. The number of aromatic nitrogens is 5. The number of ether oxygens (including phenoxy) is 1. The minimum absolute atomic E-state index is 0.140. The Hall–Kier alpha value is -4.52. The zero-order valence-electron chi connectivity index (χ0n) is 23.2. The van der Waals surface area contributed by atoms with Crippen molar-refractivity contribution in [2.45, 2.75) is 39.8 Å². The number of nitrogens with one attached hydrogen (secondary N) is 1. The molecule has 3 atom stereocenters. The van der Waals surface area contributed by atoms with Crippen LogP contribution in [0.5, 0.6) is 5.75 Å². The second-order valence-corrected chi connectivity index (χ2v) is 11.0. The van der Waals surface area contributed by atoms with Crippen LogP contribution in [0.2, 0.25) is 5.02 Å². The Balaban J connectivity index is 1.20. The Morgan fingerprint density at radius 2 is 1.95 bits per heavy atom. The largest absolute Gasteiger partial charge is 0.434 e. The van der Waals surface area contributed by atoms with Crippen LogP contribution in [-0.4, -0.2) is 49.7 Å². The third-order valence-electron chi connectivity index (χ3n) is 7.94. The molecule has 2 amide bonds. The summed E-state index contributed by atoms with van der Waals surface area (Å²) in [5, 5.41) is 6.71. The molecule has 10 nitrogen and oxygen atoms in total. The molecule has 1 aliphatic heterocycles. The molecule has 0 spiro atoms. The molecule has 2 fully saturated rings. The van der Waals surface area contributed by atoms with Gasteiger partial charge in [-0.25, -0.2) is 14.4 Å². The number of carbonyl (C=O) groups excluding carboxylic acids is 2. The highest BCUT2D eigenvalue weighted by Gasteiger charge is 2.53. The number of hydrogen-bond donors (Lipinski definition) is 1. The molecule has 4 heterocycles. The highest BCUT2D eigenvalue weighted by atomic mass is 35.5. The topological polar surface area (TPSA) is 115 Å². The summed E-state index contributed by atoms with van der Waals surface area (Å²) in [6, 6.07) is 1.90. The number of fused-ring (bicyclic) bond motifs is 1. The van der Waals surface area contributed by atoms with E-state index in [0.29, 0.717) is 24.0 Å². The van der Waals surface area contributed by atoms with Gasteiger partial charge in [0.2, 0.25) is 5.91 Å². The minimum Gasteiger partial charge on any atom is -0.434 e. The first-order valence-electron chi connectivity index (χ1n) is 13.4. The third-order valence-corrected chi connectivity index (χ3v) is 8.23. The molecule has 14 heteroatoms. The van der Waals surface area contributed by atoms with Gasteiger partial charge in [0.1, 0.15) is 17.3 Å². The fourth-order valence-corrected chi connectivity index (χ4v) is 5.54. The number of pyridine rings is 1. The van der Waals surface area contributed by atoms with Gasteiger partial charge in [-0.3, -0.25) is 24.2 Å². The van der Waals surface area contributed by atoms with Crippen LogP contribution in [0.15, 0.2) is 43.1 Å². The van der Waals surface area contributed by atoms with E-state index >= 15 is 0 Å². The first-order chi connectivity index (χ1) is 20.5. The van der Waals surface area contributed by atoms with Crippen LogP contribution in [0.25, 0.3) is 11.3 Å². The van der Waals surface area contributed by atoms with E-state index < -0.39 is 29.6 Å². The lowest BCUT2D eigenvalue weighted by Gasteiger charge is -2.23. The van der Waals surface area contributed by atoms with Gasteiger partial charge >= 0.3 is 6.61 Å². The lowest BCUT2D eigenvalue weighted by atomic mass is 10.0. The molecule has 0 bridgehead atoms. The van der Waals surface area contributed by atoms with E-state index in [1.54, 1.807) is 22.0 Å². The van der Waals surface area contributed by atoms with Gasteiger partial charge in [0.15, 0.2) is 5.82 Å². The number of alkyl halides is 2. The second kappa shape index (κ2) is 11.0. The van der Waals surface area contributed by atoms with E-state index in [1.165, 1.54) is 6.20 Å². The summed E-state index contributed by atoms with van der Waals surface area (Å²) in [4.78, 5) is 40.0. The predicted molar refractivity (Wildman–Crippen MR) is 151 cm³/mol. The van der Waals surface area contributed by atoms with Crippen molar-refractivity contribution in [3.63, 3.8) is 0 Å². The summed E-state index contributed by atoms with van der Waals surface area (Å²) in [7, 11) is 0. The van der Waals surface area contributed by atoms with Crippen LogP contribution in [0, 0.1) is 31.5 Å². The van der Waals surface area contributed by atoms with Crippen molar-refractivity contribution in [3.8, 4) is 17.0 Å². The third kappa shape index (κ3) is 5.29. The van der Waals surface area contributed by atoms with Gasteiger partial charge in [-0.15, -0.1) is 0 Å². The fourth-order valence-electron chi connectivity index (χ4n) is 5.38. The molecule has 43 heavy (non-hydrogen) atoms. The minimum atomic E-state index is -3.22. The number of anilines is 2. The van der Waals surface area contributed by atoms with Crippen molar-refractivity contribution >= 4 is 34.9 Å². The molecule has 4 aromatic rings. The second-order valence-electron chi connectivity index (χ2n) is 10.6. The Morgan fingerprint density at radius 1 is 1.16 bits per heavy atom. The maximum Gasteiger partial charge on any atom is 0.387 e. The highest BCUT2D eigenvalue weighted by Crippen LogP contribution is 2.47. The first kappa shape index (κ1) is 28.6. The molecular formula is C29H25ClF3N7O3. The van der Waals surface area contributed by atoms with Gasteiger partial charge in [0.05, 0.1) is 46.6 Å². The van der Waals surface area contributed by atoms with E-state index in [9.17, 15) is 22.8 Å². The van der Waals surface area contributed by atoms with Gasteiger partial charge in [-0.1, -0.05) is 11.6 Å². The first-order valence-corrected chi connectivity index (χ1v) is 13.8. The Bertz CT molecular complexity index is 1770. The lowest BCUT2D eigenvalue weighted by molar-refractivity contribution is -0.118. The number of nitrogens with zero attached hydrogens (tertiary/aromatic N) is 6. The molecule has 1 N–H and O–H groups in total. The van der Waals surface area contributed by atoms with Crippen LogP contribution < -0.4 is 15.0 Å². The molecule has 2 aliphatic rings. The van der Waals surface area contributed by atoms with Gasteiger partial charge in [-0.2, -0.15) is 13.9 Å². The van der Waals surface area contributed by atoms with Crippen molar-refractivity contribution < 1.29 is 27.5 Å². The van der Waals surface area contributed by atoms with Crippen molar-refractivity contribution in [1.82, 2.24) is 24.7 Å². The summed E-state index contributed by atoms with van der Waals surface area (Å²) in [6.07, 6.45) is 8.06. The maximum atomic E-state index is 14.8. The molecule has 1 aliphatic carbocycles. The molecule has 1 aromatic carbocycles. The number of amides is 2. The van der Waals surface area contributed by atoms with Gasteiger partial charge in [0.25, 0.3) is 5.91 Å². The number of benzene rings is 1. The van der Waals surface area contributed by atoms with E-state index in [2.05, 4.69) is 30.1 Å². The van der Waals surface area contributed by atoms with Crippen LogP contribution in [0.4, 0.5) is 24.7 Å². The number of halogens is 4. The van der Waals surface area contributed by atoms with Gasteiger partial charge in [0, 0.05) is 24.9 Å². The lowest BCUT2D eigenvalue weighted by Crippen LogP contribution is -2.30. The van der Waals surface area contributed by atoms with Crippen molar-refractivity contribution in [2.24, 2.45) is 11.8 Å². The SMILES string of the molecule is Cc1c([C@@H](C)n2cc(NC(=O)c3cncc(-c4c(OC(F)F)ccc(Cl)c4F)n3)cn2)cnc(N2C[C@H]3C[C@H]3C2=O)c1C. The highest BCUT2D eigenvalue weighted by molar-refractivity contribution is 6.31. The fraction of sp³-hybridized carbons (Fsp3) is 0.310. The molecular weight excluding hydrogens is 587 g/mol. The zero-order chi connectivity index (χ0) is 30.6. The van der Waals surface area contributed by atoms with Crippen LogP contribution in [-0.2, 0) is 4.79 Å². The maximum absolute atomic E-state index is 14.8. The monoisotopic (exact) mass is 611 g/mol. The average molecular weight is 612 g/mol. The molecule has 0 unspecified atom stereocenters. The Morgan fingerprint density at radius 3 is 2.67 bits per heavy atom. The van der Waals surface area contributed by atoms with Crippen molar-refractivity contribution in [2.75, 3.05) is 16.8 Å². The summed E-state index contributed by atoms with van der Waals surface area (Å²) >= 11 is 5.85. The van der Waals surface area contributed by atoms with Crippen molar-refractivity contribution in [3.05, 3.63) is 76.3 Å². The number of hydrogen-bond acceptors (Lipinski definition) is 7. The summed E-state index contributed by atoms with van der Waals surface area (Å²) < 4.78 is 46.7. The molecule has 1 saturated carbocycles. The quantitative estimate of drug-likeness (QED) is 0.276. The zero-order valence-corrected chi connectivity index (χ0v) is 23.9. The van der Waals surface area contributed by atoms with E-state index in [4.69, 9.17) is 11.6 Å². The number of piperidine rings is 1. The average Bonchev–Trinajstić information content (AvgIpc) is 3.48. The van der Waals surface area contributed by atoms with Crippen LogP contribution >= 0.6 is 11.6 Å². The van der Waals surface area contributed by atoms with Crippen LogP contribution in [0.3, 0.4) is 0 Å². The molecule has 6 rings (SSSR count). The van der Waals surface area contributed by atoms with Gasteiger partial charge in [-0.05, 0) is 61.9 Å². The Kier molecular flexibility index (Phi) is 7.28. The molecule has 222 valence electrons. The van der Waals surface area contributed by atoms with E-state index in [-0.39, 0.29) is 34.3 Å². The van der Waals surface area contributed by atoms with Crippen molar-refractivity contribution in [1.29, 1.82) is 0 Å². The normalized spacial score (nSPS) is 18.1. The molecule has 3 aromatic heterocycles. The van der Waals surface area contributed by atoms with E-state index in [0.717, 1.165) is 47.6 Å². The van der Waals surface area contributed by atoms with E-state index in [1.807, 2.05) is 20.8 Å².